The number of carbonyl (C=O) groups is 2. The highest BCUT2D eigenvalue weighted by Gasteiger charge is 2.25. The number of hydrogen-bond donors (Lipinski definition) is 1. The third-order valence-corrected chi connectivity index (χ3v) is 4.08. The number of amides is 2. The van der Waals surface area contributed by atoms with Crippen LogP contribution in [0.5, 0.6) is 0 Å². The van der Waals surface area contributed by atoms with Gasteiger partial charge in [-0.25, -0.2) is 4.39 Å². The van der Waals surface area contributed by atoms with E-state index in [0.717, 1.165) is 6.42 Å². The second-order valence-corrected chi connectivity index (χ2v) is 5.88. The number of halogens is 2. The van der Waals surface area contributed by atoms with E-state index in [0.29, 0.717) is 44.6 Å². The van der Waals surface area contributed by atoms with Crippen LogP contribution in [0.25, 0.3) is 0 Å². The molecule has 0 spiro atoms. The minimum Gasteiger partial charge on any atom is -0.340 e. The predicted octanol–water partition coefficient (Wildman–Crippen LogP) is 2.05. The number of hydrogen-bond acceptors (Lipinski definition) is 3. The highest BCUT2D eigenvalue weighted by Crippen LogP contribution is 2.12. The quantitative estimate of drug-likeness (QED) is 0.896. The lowest BCUT2D eigenvalue weighted by molar-refractivity contribution is -0.132. The number of nitrogens with two attached hydrogens (primary N) is 1. The van der Waals surface area contributed by atoms with Gasteiger partial charge in [0.25, 0.3) is 5.91 Å². The van der Waals surface area contributed by atoms with Crippen molar-refractivity contribution in [2.24, 2.45) is 5.73 Å². The molecule has 1 atom stereocenters. The molecule has 1 aliphatic heterocycles. The standard InChI is InChI=1S/C17H24FN3O2.ClH/c1-2-5-15(19)17(23)21-9-4-8-20(10-11-21)16(22)13-6-3-7-14(18)12-13;/h3,6-7,12,15H,2,4-5,8-11,19H2,1H3;1H. The van der Waals surface area contributed by atoms with Crippen LogP contribution in [0.15, 0.2) is 24.3 Å². The Morgan fingerprint density at radius 1 is 1.21 bits per heavy atom. The van der Waals surface area contributed by atoms with Crippen LogP contribution in [0, 0.1) is 5.82 Å². The van der Waals surface area contributed by atoms with Crippen molar-refractivity contribution in [2.45, 2.75) is 32.2 Å². The molecule has 0 aromatic heterocycles. The number of benzene rings is 1. The Bertz CT molecular complexity index is 571. The molecule has 2 N–H and O–H groups in total. The first kappa shape index (κ1) is 20.4. The zero-order valence-electron chi connectivity index (χ0n) is 13.9. The molecule has 5 nitrogen and oxygen atoms in total. The van der Waals surface area contributed by atoms with E-state index in [-0.39, 0.29) is 24.2 Å². The van der Waals surface area contributed by atoms with Gasteiger partial charge < -0.3 is 15.5 Å². The van der Waals surface area contributed by atoms with Crippen molar-refractivity contribution >= 4 is 24.2 Å². The molecule has 0 aliphatic carbocycles. The van der Waals surface area contributed by atoms with Crippen molar-refractivity contribution in [3.05, 3.63) is 35.6 Å². The van der Waals surface area contributed by atoms with Crippen molar-refractivity contribution in [1.29, 1.82) is 0 Å². The van der Waals surface area contributed by atoms with Crippen LogP contribution in [-0.2, 0) is 4.79 Å². The van der Waals surface area contributed by atoms with E-state index in [2.05, 4.69) is 0 Å². The zero-order valence-corrected chi connectivity index (χ0v) is 14.7. The third-order valence-electron chi connectivity index (χ3n) is 4.08. The number of nitrogens with zero attached hydrogens (tertiary/aromatic N) is 2. The maximum atomic E-state index is 13.3. The summed E-state index contributed by atoms with van der Waals surface area (Å²) in [4.78, 5) is 28.1. The fraction of sp³-hybridized carbons (Fsp3) is 0.529. The van der Waals surface area contributed by atoms with Crippen LogP contribution in [-0.4, -0.2) is 53.8 Å². The van der Waals surface area contributed by atoms with Crippen molar-refractivity contribution in [1.82, 2.24) is 9.80 Å². The molecular formula is C17H25ClFN3O2. The Morgan fingerprint density at radius 2 is 1.88 bits per heavy atom. The van der Waals surface area contributed by atoms with Crippen molar-refractivity contribution in [3.63, 3.8) is 0 Å². The van der Waals surface area contributed by atoms with Crippen LogP contribution in [0.1, 0.15) is 36.5 Å². The van der Waals surface area contributed by atoms with Gasteiger partial charge in [-0.1, -0.05) is 19.4 Å². The second kappa shape index (κ2) is 9.59. The van der Waals surface area contributed by atoms with Crippen LogP contribution in [0.3, 0.4) is 0 Å². The maximum Gasteiger partial charge on any atom is 0.254 e. The largest absolute Gasteiger partial charge is 0.340 e. The molecule has 134 valence electrons. The maximum absolute atomic E-state index is 13.3. The van der Waals surface area contributed by atoms with Gasteiger partial charge in [0.2, 0.25) is 5.91 Å². The van der Waals surface area contributed by atoms with Gasteiger partial charge >= 0.3 is 0 Å². The molecule has 0 saturated carbocycles. The molecule has 0 bridgehead atoms. The van der Waals surface area contributed by atoms with E-state index >= 15 is 0 Å². The molecule has 1 aliphatic rings. The van der Waals surface area contributed by atoms with Crippen LogP contribution >= 0.6 is 12.4 Å². The predicted molar refractivity (Wildman–Crippen MR) is 93.6 cm³/mol. The van der Waals surface area contributed by atoms with E-state index in [4.69, 9.17) is 5.73 Å². The summed E-state index contributed by atoms with van der Waals surface area (Å²) in [5, 5.41) is 0. The van der Waals surface area contributed by atoms with E-state index in [1.165, 1.54) is 18.2 Å². The average molecular weight is 358 g/mol. The molecule has 1 aromatic carbocycles. The summed E-state index contributed by atoms with van der Waals surface area (Å²) < 4.78 is 13.3. The minimum atomic E-state index is -0.467. The summed E-state index contributed by atoms with van der Waals surface area (Å²) in [7, 11) is 0. The monoisotopic (exact) mass is 357 g/mol. The van der Waals surface area contributed by atoms with Crippen LogP contribution in [0.2, 0.25) is 0 Å². The Labute approximate surface area is 148 Å². The van der Waals surface area contributed by atoms with Crippen LogP contribution in [0.4, 0.5) is 4.39 Å². The van der Waals surface area contributed by atoms with Gasteiger partial charge in [0.15, 0.2) is 0 Å². The first-order valence-corrected chi connectivity index (χ1v) is 8.12. The molecule has 1 unspecified atom stereocenters. The number of rotatable bonds is 4. The normalized spacial score (nSPS) is 16.1. The Morgan fingerprint density at radius 3 is 2.54 bits per heavy atom. The van der Waals surface area contributed by atoms with Gasteiger partial charge in [0, 0.05) is 31.7 Å². The number of carbonyl (C=O) groups excluding carboxylic acids is 2. The average Bonchev–Trinajstić information content (AvgIpc) is 2.79. The van der Waals surface area contributed by atoms with E-state index in [1.54, 1.807) is 15.9 Å². The molecule has 24 heavy (non-hydrogen) atoms. The lowest BCUT2D eigenvalue weighted by atomic mass is 10.1. The molecule has 0 radical (unpaired) electrons. The zero-order chi connectivity index (χ0) is 16.8. The Hall–Kier alpha value is -1.66. The third kappa shape index (κ3) is 5.18. The molecule has 2 rings (SSSR count). The molecule has 1 aromatic rings. The van der Waals surface area contributed by atoms with Gasteiger partial charge in [-0.3, -0.25) is 9.59 Å². The van der Waals surface area contributed by atoms with Gasteiger partial charge in [0.05, 0.1) is 6.04 Å². The van der Waals surface area contributed by atoms with Crippen molar-refractivity contribution in [2.75, 3.05) is 26.2 Å². The van der Waals surface area contributed by atoms with Gasteiger partial charge in [-0.2, -0.15) is 0 Å². The summed E-state index contributed by atoms with van der Waals surface area (Å²) in [5.74, 6) is -0.670. The highest BCUT2D eigenvalue weighted by atomic mass is 35.5. The van der Waals surface area contributed by atoms with Crippen LogP contribution < -0.4 is 5.73 Å². The smallest absolute Gasteiger partial charge is 0.254 e. The Kier molecular flexibility index (Phi) is 8.15. The SMILES string of the molecule is CCCC(N)C(=O)N1CCCN(C(=O)c2cccc(F)c2)CC1.Cl. The van der Waals surface area contributed by atoms with Crippen molar-refractivity contribution < 1.29 is 14.0 Å². The first-order chi connectivity index (χ1) is 11.0. The molecule has 1 heterocycles. The summed E-state index contributed by atoms with van der Waals surface area (Å²) >= 11 is 0. The second-order valence-electron chi connectivity index (χ2n) is 5.88. The molecule has 2 amide bonds. The summed E-state index contributed by atoms with van der Waals surface area (Å²) in [6.45, 7) is 4.07. The summed E-state index contributed by atoms with van der Waals surface area (Å²) in [6.07, 6.45) is 2.23. The fourth-order valence-corrected chi connectivity index (χ4v) is 2.81. The highest BCUT2D eigenvalue weighted by molar-refractivity contribution is 5.94. The molecular weight excluding hydrogens is 333 g/mol. The van der Waals surface area contributed by atoms with Crippen molar-refractivity contribution in [3.8, 4) is 0 Å². The minimum absolute atomic E-state index is 0. The van der Waals surface area contributed by atoms with E-state index < -0.39 is 11.9 Å². The lowest BCUT2D eigenvalue weighted by Crippen LogP contribution is -2.45. The summed E-state index contributed by atoms with van der Waals surface area (Å²) in [6, 6.07) is 5.23. The molecule has 7 heteroatoms. The topological polar surface area (TPSA) is 66.6 Å². The van der Waals surface area contributed by atoms with E-state index in [1.807, 2.05) is 6.92 Å². The summed E-state index contributed by atoms with van der Waals surface area (Å²) in [5.41, 5.74) is 6.24. The first-order valence-electron chi connectivity index (χ1n) is 8.12. The van der Waals surface area contributed by atoms with Gasteiger partial charge in [-0.05, 0) is 31.0 Å². The van der Waals surface area contributed by atoms with Gasteiger partial charge in [-0.15, -0.1) is 12.4 Å². The Balaban J connectivity index is 0.00000288. The van der Waals surface area contributed by atoms with Gasteiger partial charge in [0.1, 0.15) is 5.82 Å². The molecule has 1 fully saturated rings. The van der Waals surface area contributed by atoms with E-state index in [9.17, 15) is 14.0 Å². The fourth-order valence-electron chi connectivity index (χ4n) is 2.81. The molecule has 1 saturated heterocycles. The lowest BCUT2D eigenvalue weighted by Gasteiger charge is -2.24.